The van der Waals surface area contributed by atoms with Gasteiger partial charge in [-0.1, -0.05) is 42.5 Å². The van der Waals surface area contributed by atoms with Crippen LogP contribution >= 0.6 is 0 Å². The second-order valence-electron chi connectivity index (χ2n) is 4.32. The molecule has 2 aromatic rings. The zero-order valence-electron chi connectivity index (χ0n) is 9.90. The van der Waals surface area contributed by atoms with Gasteiger partial charge in [-0.3, -0.25) is 0 Å². The first-order chi connectivity index (χ1) is 8.34. The molecule has 0 bridgehead atoms. The molecule has 0 radical (unpaired) electrons. The second-order valence-corrected chi connectivity index (χ2v) is 4.32. The number of benzene rings is 2. The summed E-state index contributed by atoms with van der Waals surface area (Å²) in [4.78, 5) is 0. The third-order valence-corrected chi connectivity index (χ3v) is 2.94. The predicted octanol–water partition coefficient (Wildman–Crippen LogP) is 4.39. The van der Waals surface area contributed by atoms with Crippen LogP contribution in [-0.4, -0.2) is 0 Å². The zero-order valence-corrected chi connectivity index (χ0v) is 9.90. The highest BCUT2D eigenvalue weighted by Gasteiger charge is 1.95. The molecule has 0 unspecified atom stereocenters. The van der Waals surface area contributed by atoms with Gasteiger partial charge in [0, 0.05) is 0 Å². The maximum absolute atomic E-state index is 12.7. The van der Waals surface area contributed by atoms with E-state index >= 15 is 0 Å². The zero-order chi connectivity index (χ0) is 11.9. The quantitative estimate of drug-likeness (QED) is 0.666. The Hall–Kier alpha value is -1.63. The Kier molecular flexibility index (Phi) is 4.31. The summed E-state index contributed by atoms with van der Waals surface area (Å²) in [6.45, 7) is 0. The Labute approximate surface area is 102 Å². The van der Waals surface area contributed by atoms with E-state index in [0.29, 0.717) is 0 Å². The van der Waals surface area contributed by atoms with E-state index in [9.17, 15) is 4.39 Å². The molecule has 17 heavy (non-hydrogen) atoms. The molecule has 0 fully saturated rings. The summed E-state index contributed by atoms with van der Waals surface area (Å²) >= 11 is 0. The van der Waals surface area contributed by atoms with Gasteiger partial charge in [-0.05, 0) is 48.9 Å². The minimum Gasteiger partial charge on any atom is -0.207 e. The van der Waals surface area contributed by atoms with Crippen LogP contribution in [0.5, 0.6) is 0 Å². The molecule has 0 saturated heterocycles. The van der Waals surface area contributed by atoms with Crippen molar-refractivity contribution in [3.8, 4) is 0 Å². The van der Waals surface area contributed by atoms with Gasteiger partial charge in [-0.15, -0.1) is 0 Å². The van der Waals surface area contributed by atoms with E-state index in [0.717, 1.165) is 19.3 Å². The van der Waals surface area contributed by atoms with Gasteiger partial charge in [0.05, 0.1) is 0 Å². The van der Waals surface area contributed by atoms with E-state index in [1.54, 1.807) is 0 Å². The molecule has 0 saturated carbocycles. The summed E-state index contributed by atoms with van der Waals surface area (Å²) in [6.07, 6.45) is 4.50. The first kappa shape index (κ1) is 11.8. The smallest absolute Gasteiger partial charge is 0.123 e. The van der Waals surface area contributed by atoms with Crippen LogP contribution in [0.15, 0.2) is 54.6 Å². The van der Waals surface area contributed by atoms with Gasteiger partial charge in [0.15, 0.2) is 0 Å². The van der Waals surface area contributed by atoms with Gasteiger partial charge in [-0.2, -0.15) is 0 Å². The highest BCUT2D eigenvalue weighted by Crippen LogP contribution is 2.09. The number of aryl methyl sites for hydroxylation is 2. The van der Waals surface area contributed by atoms with Crippen LogP contribution in [0.3, 0.4) is 0 Å². The maximum atomic E-state index is 12.7. The Balaban J connectivity index is 1.71. The summed E-state index contributed by atoms with van der Waals surface area (Å²) < 4.78 is 12.7. The third kappa shape index (κ3) is 4.03. The lowest BCUT2D eigenvalue weighted by Crippen LogP contribution is -1.89. The Morgan fingerprint density at radius 3 is 1.76 bits per heavy atom. The minimum atomic E-state index is -0.155. The van der Waals surface area contributed by atoms with Crippen molar-refractivity contribution in [2.24, 2.45) is 0 Å². The van der Waals surface area contributed by atoms with Crippen molar-refractivity contribution < 1.29 is 4.39 Å². The summed E-state index contributed by atoms with van der Waals surface area (Å²) in [5, 5.41) is 0. The molecule has 0 aliphatic rings. The van der Waals surface area contributed by atoms with E-state index in [1.807, 2.05) is 18.2 Å². The molecule has 2 rings (SSSR count). The fourth-order valence-electron chi connectivity index (χ4n) is 1.95. The van der Waals surface area contributed by atoms with E-state index in [2.05, 4.69) is 24.3 Å². The predicted molar refractivity (Wildman–Crippen MR) is 69.5 cm³/mol. The molecule has 0 atom stereocenters. The molecule has 0 nitrogen and oxygen atoms in total. The molecule has 0 heterocycles. The van der Waals surface area contributed by atoms with Crippen molar-refractivity contribution in [2.45, 2.75) is 25.7 Å². The van der Waals surface area contributed by atoms with Crippen molar-refractivity contribution in [3.63, 3.8) is 0 Å². The Bertz CT molecular complexity index is 431. The molecule has 0 amide bonds. The highest BCUT2D eigenvalue weighted by molar-refractivity contribution is 5.17. The van der Waals surface area contributed by atoms with Crippen LogP contribution in [0.1, 0.15) is 24.0 Å². The van der Waals surface area contributed by atoms with Gasteiger partial charge in [0.25, 0.3) is 0 Å². The van der Waals surface area contributed by atoms with Crippen LogP contribution in [0.25, 0.3) is 0 Å². The van der Waals surface area contributed by atoms with Crippen molar-refractivity contribution >= 4 is 0 Å². The van der Waals surface area contributed by atoms with Crippen LogP contribution in [0, 0.1) is 5.82 Å². The summed E-state index contributed by atoms with van der Waals surface area (Å²) in [5.41, 5.74) is 2.62. The van der Waals surface area contributed by atoms with E-state index in [-0.39, 0.29) is 5.82 Å². The SMILES string of the molecule is Fc1ccc(CCCCc2ccccc2)cc1. The fourth-order valence-corrected chi connectivity index (χ4v) is 1.95. The molecule has 0 aliphatic carbocycles. The fraction of sp³-hybridized carbons (Fsp3) is 0.250. The van der Waals surface area contributed by atoms with Gasteiger partial charge >= 0.3 is 0 Å². The molecule has 0 spiro atoms. The monoisotopic (exact) mass is 228 g/mol. The van der Waals surface area contributed by atoms with E-state index in [4.69, 9.17) is 0 Å². The average molecular weight is 228 g/mol. The number of rotatable bonds is 5. The van der Waals surface area contributed by atoms with Gasteiger partial charge in [0.1, 0.15) is 5.82 Å². The normalized spacial score (nSPS) is 10.4. The first-order valence-corrected chi connectivity index (χ1v) is 6.13. The number of halogens is 1. The first-order valence-electron chi connectivity index (χ1n) is 6.13. The minimum absolute atomic E-state index is 0.155. The molecule has 0 N–H and O–H groups in total. The topological polar surface area (TPSA) is 0 Å². The highest BCUT2D eigenvalue weighted by atomic mass is 19.1. The molecule has 2 aromatic carbocycles. The van der Waals surface area contributed by atoms with Gasteiger partial charge in [0.2, 0.25) is 0 Å². The lowest BCUT2D eigenvalue weighted by atomic mass is 10.0. The standard InChI is InChI=1S/C16H17F/c17-16-12-10-15(11-13-16)9-5-4-8-14-6-2-1-3-7-14/h1-3,6-7,10-13H,4-5,8-9H2. The molecule has 88 valence electrons. The van der Waals surface area contributed by atoms with Crippen molar-refractivity contribution in [1.29, 1.82) is 0 Å². The summed E-state index contributed by atoms with van der Waals surface area (Å²) in [6, 6.07) is 17.3. The third-order valence-electron chi connectivity index (χ3n) is 2.94. The molecular formula is C16H17F. The molecular weight excluding hydrogens is 211 g/mol. The number of hydrogen-bond acceptors (Lipinski definition) is 0. The lowest BCUT2D eigenvalue weighted by molar-refractivity contribution is 0.626. The maximum Gasteiger partial charge on any atom is 0.123 e. The van der Waals surface area contributed by atoms with Crippen LogP contribution < -0.4 is 0 Å². The second kappa shape index (κ2) is 6.19. The van der Waals surface area contributed by atoms with Gasteiger partial charge in [-0.25, -0.2) is 4.39 Å². The molecule has 0 aliphatic heterocycles. The average Bonchev–Trinajstić information content (AvgIpc) is 2.38. The number of unbranched alkanes of at least 4 members (excludes halogenated alkanes) is 1. The van der Waals surface area contributed by atoms with Crippen molar-refractivity contribution in [2.75, 3.05) is 0 Å². The molecule has 0 aromatic heterocycles. The summed E-state index contributed by atoms with van der Waals surface area (Å²) in [7, 11) is 0. The van der Waals surface area contributed by atoms with Crippen LogP contribution in [-0.2, 0) is 12.8 Å². The van der Waals surface area contributed by atoms with E-state index < -0.39 is 0 Å². The van der Waals surface area contributed by atoms with Gasteiger partial charge < -0.3 is 0 Å². The van der Waals surface area contributed by atoms with Crippen molar-refractivity contribution in [3.05, 3.63) is 71.5 Å². The van der Waals surface area contributed by atoms with Crippen LogP contribution in [0.4, 0.5) is 4.39 Å². The Morgan fingerprint density at radius 2 is 1.18 bits per heavy atom. The Morgan fingerprint density at radius 1 is 0.647 bits per heavy atom. The molecule has 1 heteroatoms. The largest absolute Gasteiger partial charge is 0.207 e. The number of hydrogen-bond donors (Lipinski definition) is 0. The van der Waals surface area contributed by atoms with Crippen LogP contribution in [0.2, 0.25) is 0 Å². The summed E-state index contributed by atoms with van der Waals surface area (Å²) in [5.74, 6) is -0.155. The van der Waals surface area contributed by atoms with Crippen molar-refractivity contribution in [1.82, 2.24) is 0 Å². The lowest BCUT2D eigenvalue weighted by Gasteiger charge is -2.02. The van der Waals surface area contributed by atoms with E-state index in [1.165, 1.54) is 29.7 Å².